The quantitative estimate of drug-likeness (QED) is 0.758. The van der Waals surface area contributed by atoms with Crippen LogP contribution in [0, 0.1) is 6.92 Å². The number of likely N-dealkylation sites (N-methyl/N-ethyl adjacent to an activating group) is 1. The molecule has 29 heavy (non-hydrogen) atoms. The summed E-state index contributed by atoms with van der Waals surface area (Å²) in [6, 6.07) is 14.6. The van der Waals surface area contributed by atoms with E-state index in [9.17, 15) is 14.4 Å². The normalized spacial score (nSPS) is 15.1. The van der Waals surface area contributed by atoms with Crippen LogP contribution in [0.1, 0.15) is 5.56 Å². The molecule has 2 aromatic carbocycles. The maximum atomic E-state index is 12.8. The molecule has 1 aliphatic heterocycles. The standard InChI is InChI=1S/C21H23N3O4S/c1-14-6-5-7-15(10-14)23-19(25)12-29-13-20(26)24-11-18(21(27)22-2)28-17-9-4-3-8-16(17)24/h3-10,18H,11-13H2,1-2H3,(H,22,27)(H,23,25)/t18-/m1/s1. The largest absolute Gasteiger partial charge is 0.477 e. The molecule has 152 valence electrons. The summed E-state index contributed by atoms with van der Waals surface area (Å²) in [6.45, 7) is 2.08. The molecule has 0 fully saturated rings. The van der Waals surface area contributed by atoms with Crippen LogP contribution in [0.25, 0.3) is 0 Å². The second-order valence-corrected chi connectivity index (χ2v) is 7.59. The molecular weight excluding hydrogens is 390 g/mol. The van der Waals surface area contributed by atoms with E-state index in [-0.39, 0.29) is 35.8 Å². The minimum Gasteiger partial charge on any atom is -0.477 e. The van der Waals surface area contributed by atoms with Gasteiger partial charge in [-0.25, -0.2) is 0 Å². The Kier molecular flexibility index (Phi) is 6.77. The van der Waals surface area contributed by atoms with Crippen LogP contribution < -0.4 is 20.3 Å². The number of amides is 3. The average molecular weight is 413 g/mol. The van der Waals surface area contributed by atoms with Gasteiger partial charge in [-0.2, -0.15) is 0 Å². The lowest BCUT2D eigenvalue weighted by molar-refractivity contribution is -0.127. The van der Waals surface area contributed by atoms with Crippen molar-refractivity contribution in [3.8, 4) is 5.75 Å². The molecule has 3 amide bonds. The number of hydrogen-bond donors (Lipinski definition) is 2. The van der Waals surface area contributed by atoms with Crippen LogP contribution >= 0.6 is 11.8 Å². The Labute approximate surface area is 173 Å². The molecule has 0 saturated heterocycles. The Morgan fingerprint density at radius 1 is 1.14 bits per heavy atom. The van der Waals surface area contributed by atoms with Crippen LogP contribution in [0.3, 0.4) is 0 Å². The monoisotopic (exact) mass is 413 g/mol. The van der Waals surface area contributed by atoms with Crippen molar-refractivity contribution in [2.45, 2.75) is 13.0 Å². The number of para-hydroxylation sites is 2. The maximum absolute atomic E-state index is 12.8. The van der Waals surface area contributed by atoms with Crippen LogP contribution in [0.4, 0.5) is 11.4 Å². The highest BCUT2D eigenvalue weighted by Gasteiger charge is 2.33. The Bertz CT molecular complexity index is 918. The number of nitrogens with one attached hydrogen (secondary N) is 2. The molecule has 0 aromatic heterocycles. The molecule has 0 saturated carbocycles. The van der Waals surface area contributed by atoms with Crippen molar-refractivity contribution in [2.75, 3.05) is 35.3 Å². The molecule has 3 rings (SSSR count). The number of aryl methyl sites for hydroxylation is 1. The molecule has 1 heterocycles. The number of benzene rings is 2. The van der Waals surface area contributed by atoms with E-state index in [0.29, 0.717) is 11.4 Å². The van der Waals surface area contributed by atoms with Gasteiger partial charge in [0, 0.05) is 12.7 Å². The Balaban J connectivity index is 1.58. The van der Waals surface area contributed by atoms with Crippen molar-refractivity contribution in [2.24, 2.45) is 0 Å². The molecule has 8 heteroatoms. The van der Waals surface area contributed by atoms with Crippen LogP contribution in [-0.4, -0.2) is 48.9 Å². The van der Waals surface area contributed by atoms with Crippen LogP contribution in [0.15, 0.2) is 48.5 Å². The Morgan fingerprint density at radius 2 is 1.93 bits per heavy atom. The van der Waals surface area contributed by atoms with E-state index in [1.54, 1.807) is 23.1 Å². The van der Waals surface area contributed by atoms with Gasteiger partial charge in [-0.3, -0.25) is 14.4 Å². The highest BCUT2D eigenvalue weighted by Crippen LogP contribution is 2.33. The minimum absolute atomic E-state index is 0.121. The molecule has 1 atom stereocenters. The predicted octanol–water partition coefficient (Wildman–Crippen LogP) is 2.21. The second kappa shape index (κ2) is 9.47. The zero-order chi connectivity index (χ0) is 20.8. The highest BCUT2D eigenvalue weighted by atomic mass is 32.2. The topological polar surface area (TPSA) is 87.7 Å². The Hall–Kier alpha value is -3.00. The summed E-state index contributed by atoms with van der Waals surface area (Å²) in [5.41, 5.74) is 2.42. The maximum Gasteiger partial charge on any atom is 0.262 e. The first-order chi connectivity index (χ1) is 14.0. The molecule has 7 nitrogen and oxygen atoms in total. The van der Waals surface area contributed by atoms with Gasteiger partial charge in [0.1, 0.15) is 5.75 Å². The lowest BCUT2D eigenvalue weighted by Gasteiger charge is -2.34. The third-order valence-electron chi connectivity index (χ3n) is 4.37. The number of ether oxygens (including phenoxy) is 1. The predicted molar refractivity (Wildman–Crippen MR) is 114 cm³/mol. The third kappa shape index (κ3) is 5.29. The molecule has 2 aromatic rings. The van der Waals surface area contributed by atoms with E-state index in [1.807, 2.05) is 37.3 Å². The van der Waals surface area contributed by atoms with Crippen LogP contribution in [0.2, 0.25) is 0 Å². The molecule has 2 N–H and O–H groups in total. The first kappa shape index (κ1) is 20.7. The summed E-state index contributed by atoms with van der Waals surface area (Å²) in [7, 11) is 1.53. The fourth-order valence-electron chi connectivity index (χ4n) is 3.00. The van der Waals surface area contributed by atoms with Crippen molar-refractivity contribution in [1.29, 1.82) is 0 Å². The molecule has 1 aliphatic rings. The highest BCUT2D eigenvalue weighted by molar-refractivity contribution is 8.00. The molecular formula is C21H23N3O4S. The first-order valence-electron chi connectivity index (χ1n) is 9.20. The van der Waals surface area contributed by atoms with Gasteiger partial charge in [0.05, 0.1) is 23.7 Å². The van der Waals surface area contributed by atoms with Gasteiger partial charge in [-0.1, -0.05) is 24.3 Å². The summed E-state index contributed by atoms with van der Waals surface area (Å²) in [6.07, 6.45) is -0.770. The van der Waals surface area contributed by atoms with E-state index < -0.39 is 6.10 Å². The van der Waals surface area contributed by atoms with Crippen molar-refractivity contribution in [3.63, 3.8) is 0 Å². The molecule has 0 spiro atoms. The smallest absolute Gasteiger partial charge is 0.262 e. The fourth-order valence-corrected chi connectivity index (χ4v) is 3.69. The lowest BCUT2D eigenvalue weighted by Crippen LogP contribution is -2.50. The molecule has 0 radical (unpaired) electrons. The van der Waals surface area contributed by atoms with Crippen molar-refractivity contribution in [3.05, 3.63) is 54.1 Å². The summed E-state index contributed by atoms with van der Waals surface area (Å²) < 4.78 is 5.71. The van der Waals surface area contributed by atoms with Crippen LogP contribution in [-0.2, 0) is 14.4 Å². The minimum atomic E-state index is -0.770. The van der Waals surface area contributed by atoms with Crippen molar-refractivity contribution < 1.29 is 19.1 Å². The van der Waals surface area contributed by atoms with Gasteiger partial charge in [-0.15, -0.1) is 11.8 Å². The summed E-state index contributed by atoms with van der Waals surface area (Å²) in [5.74, 6) is 0.132. The molecule has 0 aliphatic carbocycles. The van der Waals surface area contributed by atoms with E-state index in [2.05, 4.69) is 10.6 Å². The fraction of sp³-hybridized carbons (Fsp3) is 0.286. The van der Waals surface area contributed by atoms with E-state index in [4.69, 9.17) is 4.74 Å². The zero-order valence-corrected chi connectivity index (χ0v) is 17.1. The van der Waals surface area contributed by atoms with Gasteiger partial charge in [0.2, 0.25) is 11.8 Å². The number of fused-ring (bicyclic) bond motifs is 1. The number of anilines is 2. The number of carbonyl (C=O) groups excluding carboxylic acids is 3. The number of hydrogen-bond acceptors (Lipinski definition) is 5. The van der Waals surface area contributed by atoms with E-state index in [1.165, 1.54) is 18.8 Å². The average Bonchev–Trinajstić information content (AvgIpc) is 2.72. The van der Waals surface area contributed by atoms with Crippen LogP contribution in [0.5, 0.6) is 5.75 Å². The van der Waals surface area contributed by atoms with Crippen molar-refractivity contribution in [1.82, 2.24) is 5.32 Å². The summed E-state index contributed by atoms with van der Waals surface area (Å²) in [5, 5.41) is 5.37. The van der Waals surface area contributed by atoms with Gasteiger partial charge < -0.3 is 20.3 Å². The first-order valence-corrected chi connectivity index (χ1v) is 10.4. The SMILES string of the molecule is CNC(=O)[C@H]1CN(C(=O)CSCC(=O)Nc2cccc(C)c2)c2ccccc2O1. The molecule has 0 bridgehead atoms. The summed E-state index contributed by atoms with van der Waals surface area (Å²) >= 11 is 1.23. The van der Waals surface area contributed by atoms with Crippen molar-refractivity contribution >= 4 is 40.9 Å². The number of rotatable bonds is 6. The second-order valence-electron chi connectivity index (χ2n) is 6.60. The number of thioether (sulfide) groups is 1. The van der Waals surface area contributed by atoms with Gasteiger partial charge in [0.15, 0.2) is 6.10 Å². The van der Waals surface area contributed by atoms with E-state index in [0.717, 1.165) is 11.3 Å². The lowest BCUT2D eigenvalue weighted by atomic mass is 10.2. The summed E-state index contributed by atoms with van der Waals surface area (Å²) in [4.78, 5) is 38.5. The molecule has 0 unspecified atom stereocenters. The zero-order valence-electron chi connectivity index (χ0n) is 16.3. The Morgan fingerprint density at radius 3 is 2.69 bits per heavy atom. The van der Waals surface area contributed by atoms with Gasteiger partial charge in [0.25, 0.3) is 5.91 Å². The van der Waals surface area contributed by atoms with Gasteiger partial charge >= 0.3 is 0 Å². The third-order valence-corrected chi connectivity index (χ3v) is 5.29. The number of carbonyl (C=O) groups is 3. The van der Waals surface area contributed by atoms with E-state index >= 15 is 0 Å². The number of nitrogens with zero attached hydrogens (tertiary/aromatic N) is 1. The van der Waals surface area contributed by atoms with Gasteiger partial charge in [-0.05, 0) is 36.8 Å².